The Kier molecular flexibility index (Phi) is 6.91. The average molecular weight is 521 g/mol. The highest BCUT2D eigenvalue weighted by Gasteiger charge is 2.28. The van der Waals surface area contributed by atoms with Gasteiger partial charge in [0.25, 0.3) is 5.56 Å². The molecule has 1 saturated heterocycles. The fraction of sp³-hybridized carbons (Fsp3) is 0.269. The van der Waals surface area contributed by atoms with Crippen LogP contribution in [0.4, 0.5) is 10.6 Å². The van der Waals surface area contributed by atoms with Crippen LogP contribution >= 0.6 is 11.6 Å². The molecule has 0 unspecified atom stereocenters. The van der Waals surface area contributed by atoms with E-state index in [1.54, 1.807) is 30.3 Å². The molecular formula is C26H25ClN6O4. The molecule has 1 atom stereocenters. The molecule has 1 fully saturated rings. The fourth-order valence-electron chi connectivity index (χ4n) is 4.73. The normalized spacial score (nSPS) is 15.6. The molecule has 3 heterocycles. The molecule has 37 heavy (non-hydrogen) atoms. The summed E-state index contributed by atoms with van der Waals surface area (Å²) in [5, 5.41) is 21.2. The van der Waals surface area contributed by atoms with Crippen molar-refractivity contribution in [1.82, 2.24) is 24.7 Å². The highest BCUT2D eigenvalue weighted by atomic mass is 35.5. The summed E-state index contributed by atoms with van der Waals surface area (Å²) in [5.41, 5.74) is 1.83. The maximum Gasteiger partial charge on any atom is 0.404 e. The lowest BCUT2D eigenvalue weighted by Crippen LogP contribution is -2.47. The monoisotopic (exact) mass is 520 g/mol. The summed E-state index contributed by atoms with van der Waals surface area (Å²) in [7, 11) is 0. The first-order valence-electron chi connectivity index (χ1n) is 11.9. The lowest BCUT2D eigenvalue weighted by atomic mass is 10.0. The van der Waals surface area contributed by atoms with Crippen molar-refractivity contribution in [2.75, 3.05) is 18.0 Å². The van der Waals surface area contributed by atoms with E-state index in [1.807, 2.05) is 29.2 Å². The van der Waals surface area contributed by atoms with E-state index in [1.165, 1.54) is 10.8 Å². The van der Waals surface area contributed by atoms with Crippen molar-refractivity contribution in [3.05, 3.63) is 93.0 Å². The van der Waals surface area contributed by atoms with E-state index in [-0.39, 0.29) is 18.4 Å². The van der Waals surface area contributed by atoms with E-state index in [9.17, 15) is 19.5 Å². The third-order valence-corrected chi connectivity index (χ3v) is 6.86. The summed E-state index contributed by atoms with van der Waals surface area (Å²) >= 11 is 6.46. The summed E-state index contributed by atoms with van der Waals surface area (Å²) in [6.07, 6.45) is 2.15. The SMILES string of the molecule is O=C(O)N[C@@H]1CCCN(c2nn3cnn(CC(=O)c4ccccc4)c(=O)c3c2Cc2ccccc2Cl)C1. The lowest BCUT2D eigenvalue weighted by Gasteiger charge is -2.33. The van der Waals surface area contributed by atoms with Crippen molar-refractivity contribution in [1.29, 1.82) is 0 Å². The van der Waals surface area contributed by atoms with E-state index in [2.05, 4.69) is 15.5 Å². The number of aromatic nitrogens is 4. The molecule has 1 amide bonds. The predicted octanol–water partition coefficient (Wildman–Crippen LogP) is 3.25. The molecule has 190 valence electrons. The molecule has 2 aromatic carbocycles. The Labute approximate surface area is 217 Å². The number of hydrogen-bond donors (Lipinski definition) is 2. The van der Waals surface area contributed by atoms with Gasteiger partial charge in [0, 0.05) is 41.7 Å². The molecule has 2 aromatic heterocycles. The molecule has 4 aromatic rings. The molecule has 0 radical (unpaired) electrons. The van der Waals surface area contributed by atoms with Gasteiger partial charge in [-0.3, -0.25) is 9.59 Å². The number of benzene rings is 2. The number of Topliss-reactive ketones (excluding diaryl/α,β-unsaturated/α-hetero) is 1. The zero-order valence-corrected chi connectivity index (χ0v) is 20.6. The van der Waals surface area contributed by atoms with Gasteiger partial charge in [-0.15, -0.1) is 5.10 Å². The molecule has 5 rings (SSSR count). The Morgan fingerprint density at radius 2 is 1.86 bits per heavy atom. The van der Waals surface area contributed by atoms with Crippen molar-refractivity contribution in [3.63, 3.8) is 0 Å². The number of amides is 1. The van der Waals surface area contributed by atoms with Crippen LogP contribution in [0.2, 0.25) is 5.02 Å². The predicted molar refractivity (Wildman–Crippen MR) is 139 cm³/mol. The number of piperidine rings is 1. The Morgan fingerprint density at radius 3 is 2.62 bits per heavy atom. The van der Waals surface area contributed by atoms with Crippen LogP contribution in [0.1, 0.15) is 34.3 Å². The topological polar surface area (TPSA) is 122 Å². The van der Waals surface area contributed by atoms with E-state index in [4.69, 9.17) is 11.6 Å². The van der Waals surface area contributed by atoms with E-state index in [0.29, 0.717) is 53.4 Å². The summed E-state index contributed by atoms with van der Waals surface area (Å²) in [5.74, 6) is 0.341. The zero-order valence-electron chi connectivity index (χ0n) is 19.9. The van der Waals surface area contributed by atoms with Crippen molar-refractivity contribution >= 4 is 34.8 Å². The number of anilines is 1. The van der Waals surface area contributed by atoms with Gasteiger partial charge >= 0.3 is 6.09 Å². The second-order valence-electron chi connectivity index (χ2n) is 8.98. The summed E-state index contributed by atoms with van der Waals surface area (Å²) in [4.78, 5) is 39.7. The van der Waals surface area contributed by atoms with Gasteiger partial charge in [-0.2, -0.15) is 5.10 Å². The van der Waals surface area contributed by atoms with Gasteiger partial charge in [-0.05, 0) is 24.5 Å². The maximum atomic E-state index is 13.6. The van der Waals surface area contributed by atoms with Crippen LogP contribution in [0.5, 0.6) is 0 Å². The second kappa shape index (κ2) is 10.4. The van der Waals surface area contributed by atoms with Crippen molar-refractivity contribution in [2.45, 2.75) is 31.8 Å². The number of carboxylic acid groups (broad SMARTS) is 1. The number of carbonyl (C=O) groups excluding carboxylic acids is 1. The number of carbonyl (C=O) groups is 2. The minimum Gasteiger partial charge on any atom is -0.465 e. The van der Waals surface area contributed by atoms with Gasteiger partial charge in [0.2, 0.25) is 0 Å². The number of fused-ring (bicyclic) bond motifs is 1. The van der Waals surface area contributed by atoms with E-state index < -0.39 is 11.7 Å². The van der Waals surface area contributed by atoms with Crippen molar-refractivity contribution in [2.24, 2.45) is 0 Å². The third kappa shape index (κ3) is 5.19. The lowest BCUT2D eigenvalue weighted by molar-refractivity contribution is 0.0965. The molecule has 1 aliphatic heterocycles. The average Bonchev–Trinajstić information content (AvgIpc) is 3.26. The largest absolute Gasteiger partial charge is 0.465 e. The Morgan fingerprint density at radius 1 is 1.11 bits per heavy atom. The summed E-state index contributed by atoms with van der Waals surface area (Å²) in [6.45, 7) is 0.866. The molecule has 1 aliphatic rings. The van der Waals surface area contributed by atoms with E-state index in [0.717, 1.165) is 16.7 Å². The summed E-state index contributed by atoms with van der Waals surface area (Å²) < 4.78 is 2.58. The van der Waals surface area contributed by atoms with Crippen LogP contribution in [0, 0.1) is 0 Å². The molecular weight excluding hydrogens is 496 g/mol. The van der Waals surface area contributed by atoms with Crippen LogP contribution in [-0.4, -0.2) is 55.5 Å². The Balaban J connectivity index is 1.58. The molecule has 10 nitrogen and oxygen atoms in total. The number of nitrogens with zero attached hydrogens (tertiary/aromatic N) is 5. The Bertz CT molecular complexity index is 1520. The fourth-order valence-corrected chi connectivity index (χ4v) is 4.93. The van der Waals surface area contributed by atoms with Gasteiger partial charge < -0.3 is 15.3 Å². The second-order valence-corrected chi connectivity index (χ2v) is 9.39. The standard InChI is InChI=1S/C26H25ClN6O4/c27-21-11-5-4-9-18(21)13-20-23-25(35)32(15-22(34)17-7-2-1-3-8-17)28-16-33(23)30-24(20)31-12-6-10-19(14-31)29-26(36)37/h1-5,7-9,11,16,19,29H,6,10,12-15H2,(H,36,37)/t19-/m1/s1. The molecule has 0 spiro atoms. The van der Waals surface area contributed by atoms with Crippen molar-refractivity contribution in [3.8, 4) is 0 Å². The number of rotatable bonds is 7. The first kappa shape index (κ1) is 24.5. The summed E-state index contributed by atoms with van der Waals surface area (Å²) in [6, 6.07) is 15.9. The van der Waals surface area contributed by atoms with Crippen LogP contribution in [0.15, 0.2) is 65.7 Å². The maximum absolute atomic E-state index is 13.6. The van der Waals surface area contributed by atoms with Gasteiger partial charge in [0.1, 0.15) is 18.4 Å². The third-order valence-electron chi connectivity index (χ3n) is 6.49. The smallest absolute Gasteiger partial charge is 0.404 e. The van der Waals surface area contributed by atoms with Crippen LogP contribution in [0.25, 0.3) is 5.52 Å². The van der Waals surface area contributed by atoms with Crippen molar-refractivity contribution < 1.29 is 14.7 Å². The molecule has 11 heteroatoms. The Hall–Kier alpha value is -4.18. The van der Waals surface area contributed by atoms with Gasteiger partial charge in [-0.1, -0.05) is 60.1 Å². The molecule has 0 saturated carbocycles. The van der Waals surface area contributed by atoms with Gasteiger partial charge in [-0.25, -0.2) is 14.0 Å². The molecule has 0 aliphatic carbocycles. The number of hydrogen-bond acceptors (Lipinski definition) is 6. The molecule has 0 bridgehead atoms. The van der Waals surface area contributed by atoms with Crippen LogP contribution in [-0.2, 0) is 13.0 Å². The number of ketones is 1. The highest BCUT2D eigenvalue weighted by molar-refractivity contribution is 6.31. The van der Waals surface area contributed by atoms with Gasteiger partial charge in [0.15, 0.2) is 11.6 Å². The van der Waals surface area contributed by atoms with E-state index >= 15 is 0 Å². The number of halogens is 1. The van der Waals surface area contributed by atoms with Crippen LogP contribution in [0.3, 0.4) is 0 Å². The highest BCUT2D eigenvalue weighted by Crippen LogP contribution is 2.29. The first-order valence-corrected chi connectivity index (χ1v) is 12.3. The number of nitrogens with one attached hydrogen (secondary N) is 1. The zero-order chi connectivity index (χ0) is 25.9. The van der Waals surface area contributed by atoms with Crippen LogP contribution < -0.4 is 15.8 Å². The van der Waals surface area contributed by atoms with Gasteiger partial charge in [0.05, 0.1) is 0 Å². The first-order chi connectivity index (χ1) is 17.9. The minimum absolute atomic E-state index is 0.209. The molecule has 2 N–H and O–H groups in total. The quantitative estimate of drug-likeness (QED) is 0.359. The minimum atomic E-state index is -1.08.